The van der Waals surface area contributed by atoms with E-state index in [1.165, 1.54) is 21.3 Å². The third-order valence-electron chi connectivity index (χ3n) is 3.85. The molecule has 2 amide bonds. The van der Waals surface area contributed by atoms with Crippen LogP contribution in [-0.2, 0) is 6.54 Å². The molecule has 0 saturated heterocycles. The van der Waals surface area contributed by atoms with Gasteiger partial charge in [-0.3, -0.25) is 0 Å². The molecule has 146 valence electrons. The lowest BCUT2D eigenvalue weighted by Gasteiger charge is -2.15. The van der Waals surface area contributed by atoms with E-state index < -0.39 is 6.03 Å². The monoisotopic (exact) mass is 376 g/mol. The zero-order valence-corrected chi connectivity index (χ0v) is 16.0. The van der Waals surface area contributed by atoms with Gasteiger partial charge < -0.3 is 34.3 Å². The van der Waals surface area contributed by atoms with Gasteiger partial charge in [0.05, 0.1) is 41.2 Å². The van der Waals surface area contributed by atoms with Gasteiger partial charge in [0, 0.05) is 24.2 Å². The smallest absolute Gasteiger partial charge is 0.319 e. The third kappa shape index (κ3) is 4.87. The Kier molecular flexibility index (Phi) is 6.99. The van der Waals surface area contributed by atoms with Crippen molar-refractivity contribution in [3.05, 3.63) is 35.9 Å². The minimum absolute atomic E-state index is 0.261. The maximum Gasteiger partial charge on any atom is 0.319 e. The zero-order chi connectivity index (χ0) is 19.8. The van der Waals surface area contributed by atoms with E-state index in [-0.39, 0.29) is 6.54 Å². The van der Waals surface area contributed by atoms with Crippen molar-refractivity contribution in [1.82, 2.24) is 5.32 Å². The van der Waals surface area contributed by atoms with Crippen LogP contribution in [0.5, 0.6) is 28.7 Å². The highest BCUT2D eigenvalue weighted by Crippen LogP contribution is 2.39. The Morgan fingerprint density at radius 1 is 0.815 bits per heavy atom. The summed E-state index contributed by atoms with van der Waals surface area (Å²) < 4.78 is 26.3. The first kappa shape index (κ1) is 20.0. The summed E-state index contributed by atoms with van der Waals surface area (Å²) in [5.41, 5.74) is 1.29. The molecule has 8 nitrogen and oxygen atoms in total. The fourth-order valence-corrected chi connectivity index (χ4v) is 2.52. The first-order chi connectivity index (χ1) is 13.1. The zero-order valence-electron chi connectivity index (χ0n) is 16.0. The highest BCUT2D eigenvalue weighted by atomic mass is 16.5. The van der Waals surface area contributed by atoms with Gasteiger partial charge in [-0.05, 0) is 18.2 Å². The van der Waals surface area contributed by atoms with E-state index in [1.54, 1.807) is 44.6 Å². The molecule has 0 aliphatic carbocycles. The number of nitrogens with one attached hydrogen (secondary N) is 2. The Bertz CT molecular complexity index is 769. The number of urea groups is 1. The molecule has 0 fully saturated rings. The largest absolute Gasteiger partial charge is 0.497 e. The van der Waals surface area contributed by atoms with E-state index >= 15 is 0 Å². The van der Waals surface area contributed by atoms with E-state index in [0.717, 1.165) is 5.56 Å². The van der Waals surface area contributed by atoms with Crippen molar-refractivity contribution in [2.75, 3.05) is 40.9 Å². The quantitative estimate of drug-likeness (QED) is 0.736. The van der Waals surface area contributed by atoms with Gasteiger partial charge in [0.25, 0.3) is 0 Å². The molecule has 0 aromatic heterocycles. The van der Waals surface area contributed by atoms with E-state index in [4.69, 9.17) is 23.7 Å². The average Bonchev–Trinajstić information content (AvgIpc) is 2.70. The summed E-state index contributed by atoms with van der Waals surface area (Å²) in [4.78, 5) is 12.3. The Labute approximate surface area is 158 Å². The molecule has 2 N–H and O–H groups in total. The van der Waals surface area contributed by atoms with Crippen LogP contribution >= 0.6 is 0 Å². The SMILES string of the molecule is COc1ccc(OC)c(CNC(=O)Nc2cc(OC)c(OC)c(OC)c2)c1. The van der Waals surface area contributed by atoms with Crippen LogP contribution in [0, 0.1) is 0 Å². The number of ether oxygens (including phenoxy) is 5. The van der Waals surface area contributed by atoms with Crippen LogP contribution in [0.3, 0.4) is 0 Å². The highest BCUT2D eigenvalue weighted by Gasteiger charge is 2.15. The molecule has 2 aromatic rings. The average molecular weight is 376 g/mol. The summed E-state index contributed by atoms with van der Waals surface area (Å²) in [5.74, 6) is 2.68. The van der Waals surface area contributed by atoms with Crippen molar-refractivity contribution in [3.8, 4) is 28.7 Å². The number of methoxy groups -OCH3 is 5. The molecule has 8 heteroatoms. The Morgan fingerprint density at radius 3 is 1.96 bits per heavy atom. The molecule has 0 heterocycles. The van der Waals surface area contributed by atoms with Crippen molar-refractivity contribution in [1.29, 1.82) is 0 Å². The predicted octanol–water partition coefficient (Wildman–Crippen LogP) is 3.05. The summed E-state index contributed by atoms with van der Waals surface area (Å²) >= 11 is 0. The second-order valence-corrected chi connectivity index (χ2v) is 5.40. The molecule has 0 aliphatic rings. The Balaban J connectivity index is 2.10. The number of hydrogen-bond acceptors (Lipinski definition) is 6. The summed E-state index contributed by atoms with van der Waals surface area (Å²) in [5, 5.41) is 5.52. The third-order valence-corrected chi connectivity index (χ3v) is 3.85. The van der Waals surface area contributed by atoms with Gasteiger partial charge in [0.1, 0.15) is 11.5 Å². The summed E-state index contributed by atoms with van der Waals surface area (Å²) in [7, 11) is 7.69. The normalized spacial score (nSPS) is 9.96. The lowest BCUT2D eigenvalue weighted by atomic mass is 10.2. The number of anilines is 1. The van der Waals surface area contributed by atoms with Gasteiger partial charge in [-0.1, -0.05) is 0 Å². The van der Waals surface area contributed by atoms with Gasteiger partial charge in [-0.15, -0.1) is 0 Å². The summed E-state index contributed by atoms with van der Waals surface area (Å²) in [6, 6.07) is 8.28. The van der Waals surface area contributed by atoms with Gasteiger partial charge in [0.2, 0.25) is 5.75 Å². The maximum atomic E-state index is 12.3. The molecule has 0 aliphatic heterocycles. The number of carbonyl (C=O) groups excluding carboxylic acids is 1. The van der Waals surface area contributed by atoms with E-state index in [9.17, 15) is 4.79 Å². The van der Waals surface area contributed by atoms with Crippen LogP contribution in [0.2, 0.25) is 0 Å². The second-order valence-electron chi connectivity index (χ2n) is 5.40. The van der Waals surface area contributed by atoms with Crippen molar-refractivity contribution in [2.45, 2.75) is 6.54 Å². The first-order valence-corrected chi connectivity index (χ1v) is 8.12. The molecule has 0 spiro atoms. The first-order valence-electron chi connectivity index (χ1n) is 8.12. The standard InChI is InChI=1S/C19H24N2O6/c1-23-14-6-7-15(24-2)12(8-14)11-20-19(22)21-13-9-16(25-3)18(27-5)17(10-13)26-4/h6-10H,11H2,1-5H3,(H2,20,21,22). The molecular formula is C19H24N2O6. The molecule has 0 bridgehead atoms. The predicted molar refractivity (Wildman–Crippen MR) is 102 cm³/mol. The van der Waals surface area contributed by atoms with Gasteiger partial charge in [0.15, 0.2) is 11.5 Å². The number of hydrogen-bond donors (Lipinski definition) is 2. The number of benzene rings is 2. The van der Waals surface area contributed by atoms with Gasteiger partial charge in [-0.2, -0.15) is 0 Å². The van der Waals surface area contributed by atoms with Crippen molar-refractivity contribution in [2.24, 2.45) is 0 Å². The maximum absolute atomic E-state index is 12.3. The minimum atomic E-state index is -0.394. The van der Waals surface area contributed by atoms with Crippen LogP contribution in [-0.4, -0.2) is 41.6 Å². The molecule has 0 radical (unpaired) electrons. The Morgan fingerprint density at radius 2 is 1.44 bits per heavy atom. The molecule has 0 unspecified atom stereocenters. The molecule has 2 rings (SSSR count). The Hall–Kier alpha value is -3.29. The second kappa shape index (κ2) is 9.42. The molecule has 2 aromatic carbocycles. The highest BCUT2D eigenvalue weighted by molar-refractivity contribution is 5.90. The van der Waals surface area contributed by atoms with Crippen molar-refractivity contribution < 1.29 is 28.5 Å². The van der Waals surface area contributed by atoms with Crippen molar-refractivity contribution in [3.63, 3.8) is 0 Å². The number of carbonyl (C=O) groups is 1. The summed E-state index contributed by atoms with van der Waals surface area (Å²) in [6.45, 7) is 0.261. The van der Waals surface area contributed by atoms with Gasteiger partial charge >= 0.3 is 6.03 Å². The molecule has 0 atom stereocenters. The number of rotatable bonds is 8. The van der Waals surface area contributed by atoms with Crippen LogP contribution in [0.1, 0.15) is 5.56 Å². The van der Waals surface area contributed by atoms with Crippen LogP contribution in [0.15, 0.2) is 30.3 Å². The van der Waals surface area contributed by atoms with E-state index in [0.29, 0.717) is 34.4 Å². The van der Waals surface area contributed by atoms with E-state index in [2.05, 4.69) is 10.6 Å². The van der Waals surface area contributed by atoms with Gasteiger partial charge in [-0.25, -0.2) is 4.79 Å². The molecular weight excluding hydrogens is 352 g/mol. The molecule has 27 heavy (non-hydrogen) atoms. The summed E-state index contributed by atoms with van der Waals surface area (Å²) in [6.07, 6.45) is 0. The lowest BCUT2D eigenvalue weighted by Crippen LogP contribution is -2.28. The topological polar surface area (TPSA) is 87.3 Å². The minimum Gasteiger partial charge on any atom is -0.497 e. The van der Waals surface area contributed by atoms with Crippen molar-refractivity contribution >= 4 is 11.7 Å². The van der Waals surface area contributed by atoms with Crippen LogP contribution < -0.4 is 34.3 Å². The fraction of sp³-hybridized carbons (Fsp3) is 0.316. The van der Waals surface area contributed by atoms with Crippen LogP contribution in [0.4, 0.5) is 10.5 Å². The lowest BCUT2D eigenvalue weighted by molar-refractivity contribution is 0.251. The van der Waals surface area contributed by atoms with Crippen LogP contribution in [0.25, 0.3) is 0 Å². The van der Waals surface area contributed by atoms with E-state index in [1.807, 2.05) is 0 Å². The molecule has 0 saturated carbocycles. The number of amides is 2. The fourth-order valence-electron chi connectivity index (χ4n) is 2.52.